The van der Waals surface area contributed by atoms with E-state index in [9.17, 15) is 4.79 Å². The van der Waals surface area contributed by atoms with Crippen molar-refractivity contribution in [3.63, 3.8) is 0 Å². The fraction of sp³-hybridized carbons (Fsp3) is 0.524. The summed E-state index contributed by atoms with van der Waals surface area (Å²) in [5.74, 6) is 0. The minimum absolute atomic E-state index is 0. The normalized spacial score (nSPS) is 14.5. The number of nitrogens with zero attached hydrogens (tertiary/aromatic N) is 1. The molecule has 0 radical (unpaired) electrons. The molecule has 1 fully saturated rings. The smallest absolute Gasteiger partial charge is 0.703 e. The molecule has 0 saturated carbocycles. The van der Waals surface area contributed by atoms with Gasteiger partial charge in [0.1, 0.15) is 5.60 Å². The van der Waals surface area contributed by atoms with Crippen LogP contribution in [0.2, 0.25) is 0 Å². The first-order valence-corrected chi connectivity index (χ1v) is 10.8. The summed E-state index contributed by atoms with van der Waals surface area (Å²) in [6.45, 7) is 9.41. The number of benzene rings is 1. The van der Waals surface area contributed by atoms with Crippen LogP contribution in [0.15, 0.2) is 24.4 Å². The number of aryl methyl sites for hydroxylation is 1. The van der Waals surface area contributed by atoms with Crippen molar-refractivity contribution in [2.24, 2.45) is 5.73 Å². The Morgan fingerprint density at radius 2 is 1.93 bits per heavy atom. The van der Waals surface area contributed by atoms with E-state index in [4.69, 9.17) is 16.2 Å². The van der Waals surface area contributed by atoms with Gasteiger partial charge in [-0.05, 0) is 63.0 Å². The van der Waals surface area contributed by atoms with Gasteiger partial charge in [-0.3, -0.25) is 0 Å². The summed E-state index contributed by atoms with van der Waals surface area (Å²) in [4.78, 5) is 13.3. The van der Waals surface area contributed by atoms with Gasteiger partial charge in [-0.15, -0.1) is 0 Å². The molecular weight excluding hydrogens is 509 g/mol. The molecular formula is C21H32FeIN3O2. The van der Waals surface area contributed by atoms with Gasteiger partial charge in [0.25, 0.3) is 0 Å². The Balaban J connectivity index is 0.000000504. The number of hydrogen-bond donors (Lipinski definition) is 1. The summed E-state index contributed by atoms with van der Waals surface area (Å²) in [5, 5.41) is 0. The molecule has 7 heteroatoms. The number of ether oxygens (including phenoxy) is 1. The van der Waals surface area contributed by atoms with Gasteiger partial charge in [0, 0.05) is 10.1 Å². The van der Waals surface area contributed by atoms with Crippen LogP contribution >= 0.6 is 22.6 Å². The maximum absolute atomic E-state index is 11.5. The van der Waals surface area contributed by atoms with Gasteiger partial charge >= 0.3 is 23.2 Å². The molecule has 158 valence electrons. The molecule has 1 aliphatic rings. The van der Waals surface area contributed by atoms with Crippen molar-refractivity contribution < 1.29 is 26.6 Å². The van der Waals surface area contributed by atoms with Crippen LogP contribution in [0.3, 0.4) is 0 Å². The van der Waals surface area contributed by atoms with Crippen molar-refractivity contribution in [3.8, 4) is 0 Å². The van der Waals surface area contributed by atoms with Crippen LogP contribution in [0.4, 0.5) is 4.79 Å². The summed E-state index contributed by atoms with van der Waals surface area (Å²) in [6, 6.07) is 6.15. The van der Waals surface area contributed by atoms with E-state index in [-0.39, 0.29) is 28.8 Å². The van der Waals surface area contributed by atoms with Gasteiger partial charge < -0.3 is 27.5 Å². The molecule has 0 bridgehead atoms. The number of carbonyl (C=O) groups is 1. The summed E-state index contributed by atoms with van der Waals surface area (Å²) in [7, 11) is 0. The molecule has 0 aliphatic carbocycles. The zero-order chi connectivity index (χ0) is 20.4. The molecule has 5 nitrogen and oxygen atoms in total. The average Bonchev–Trinajstić information content (AvgIpc) is 2.66. The monoisotopic (exact) mass is 541 g/mol. The van der Waals surface area contributed by atoms with Crippen LogP contribution in [0.5, 0.6) is 0 Å². The molecule has 28 heavy (non-hydrogen) atoms. The Labute approximate surface area is 194 Å². The van der Waals surface area contributed by atoms with Gasteiger partial charge in [-0.25, -0.2) is 4.79 Å². The predicted octanol–water partition coefficient (Wildman–Crippen LogP) is 5.71. The molecule has 0 spiro atoms. The summed E-state index contributed by atoms with van der Waals surface area (Å²) in [5.41, 5.74) is 16.5. The van der Waals surface area contributed by atoms with Crippen LogP contribution < -0.4 is 5.73 Å². The van der Waals surface area contributed by atoms with E-state index in [1.165, 1.54) is 17.3 Å². The molecule has 0 atom stereocenters. The fourth-order valence-electron chi connectivity index (χ4n) is 2.61. The van der Waals surface area contributed by atoms with Crippen LogP contribution in [0.1, 0.15) is 57.2 Å². The predicted molar refractivity (Wildman–Crippen MR) is 121 cm³/mol. The van der Waals surface area contributed by atoms with E-state index in [1.807, 2.05) is 26.8 Å². The molecule has 1 aromatic rings. The van der Waals surface area contributed by atoms with Crippen molar-refractivity contribution in [3.05, 3.63) is 53.2 Å². The number of nitrogens with two attached hydrogens (primary N) is 1. The quantitative estimate of drug-likeness (QED) is 0.231. The van der Waals surface area contributed by atoms with E-state index in [0.717, 1.165) is 42.3 Å². The first-order chi connectivity index (χ1) is 12.7. The molecule has 0 unspecified atom stereocenters. The minimum atomic E-state index is -0.377. The minimum Gasteiger partial charge on any atom is -0.703 e. The Bertz CT molecular complexity index is 639. The molecule has 1 saturated heterocycles. The van der Waals surface area contributed by atoms with Crippen LogP contribution in [0.25, 0.3) is 11.4 Å². The van der Waals surface area contributed by atoms with E-state index < -0.39 is 0 Å². The number of halogens is 1. The maximum Gasteiger partial charge on any atom is 2.00 e. The molecule has 1 aromatic carbocycles. The molecule has 1 aliphatic heterocycles. The van der Waals surface area contributed by atoms with Gasteiger partial charge in [-0.1, -0.05) is 41.6 Å². The maximum atomic E-state index is 11.5. The first-order valence-electron chi connectivity index (χ1n) is 9.32. The first kappa shape index (κ1) is 27.1. The second-order valence-electron chi connectivity index (χ2n) is 7.40. The standard InChI is InChI=1S/C11H14IN2.C10H18NO2.Fe/c1-2-8-5-9(11(14)7-13)3-4-10(8)6-12;1-10(2,3)13-9(12)11-7-5-4-6-8-11;/h3-5,7,13H,2,6,14H2,1H3;4H,5-8H2,1-3H3;/q2*-1;+2/b11-7-;;. The number of hydrogen-bond acceptors (Lipinski definition) is 3. The topological polar surface area (TPSA) is 79.4 Å². The number of piperidine rings is 1. The largest absolute Gasteiger partial charge is 2.00 e. The van der Waals surface area contributed by atoms with E-state index in [2.05, 4.69) is 48.1 Å². The third-order valence-electron chi connectivity index (χ3n) is 4.08. The van der Waals surface area contributed by atoms with Gasteiger partial charge in [0.05, 0.1) is 0 Å². The SMILES string of the molecule is CC(C)(C)OC(=O)N1CC[CH-]CC1.CCc1cc(/C(N)=C/[NH-])ccc1CI.[Fe+2]. The number of amides is 1. The van der Waals surface area contributed by atoms with Gasteiger partial charge in [0.2, 0.25) is 0 Å². The number of rotatable bonds is 3. The molecule has 1 amide bonds. The fourth-order valence-corrected chi connectivity index (χ4v) is 3.35. The van der Waals surface area contributed by atoms with Crippen molar-refractivity contribution in [2.45, 2.75) is 57.0 Å². The van der Waals surface area contributed by atoms with Crippen molar-refractivity contribution in [1.29, 1.82) is 0 Å². The number of nitrogens with one attached hydrogen (secondary N) is 1. The summed E-state index contributed by atoms with van der Waals surface area (Å²) >= 11 is 2.36. The second-order valence-corrected chi connectivity index (χ2v) is 8.17. The van der Waals surface area contributed by atoms with Crippen LogP contribution in [-0.2, 0) is 32.7 Å². The van der Waals surface area contributed by atoms with E-state index >= 15 is 0 Å². The second kappa shape index (κ2) is 13.3. The third-order valence-corrected chi connectivity index (χ3v) is 4.90. The molecule has 0 aromatic heterocycles. The van der Waals surface area contributed by atoms with Gasteiger partial charge in [0.15, 0.2) is 0 Å². The Morgan fingerprint density at radius 3 is 2.39 bits per heavy atom. The van der Waals surface area contributed by atoms with Crippen molar-refractivity contribution >= 4 is 34.4 Å². The average molecular weight is 541 g/mol. The van der Waals surface area contributed by atoms with Crippen molar-refractivity contribution in [2.75, 3.05) is 13.1 Å². The Morgan fingerprint density at radius 1 is 1.32 bits per heavy atom. The van der Waals surface area contributed by atoms with E-state index in [0.29, 0.717) is 5.70 Å². The van der Waals surface area contributed by atoms with Crippen molar-refractivity contribution in [1.82, 2.24) is 4.90 Å². The van der Waals surface area contributed by atoms with Gasteiger partial charge in [-0.2, -0.15) is 19.0 Å². The zero-order valence-electron chi connectivity index (χ0n) is 17.2. The third kappa shape index (κ3) is 9.52. The van der Waals surface area contributed by atoms with Crippen LogP contribution in [-0.4, -0.2) is 29.7 Å². The zero-order valence-corrected chi connectivity index (χ0v) is 20.5. The summed E-state index contributed by atoms with van der Waals surface area (Å²) < 4.78 is 6.27. The number of likely N-dealkylation sites (tertiary alicyclic amines) is 1. The Hall–Kier alpha value is -0.921. The summed E-state index contributed by atoms with van der Waals surface area (Å²) in [6.07, 6.45) is 6.20. The van der Waals surface area contributed by atoms with Crippen LogP contribution in [0, 0.1) is 6.42 Å². The molecule has 3 N–H and O–H groups in total. The number of carbonyl (C=O) groups excluding carboxylic acids is 1. The van der Waals surface area contributed by atoms with E-state index in [1.54, 1.807) is 4.90 Å². The Kier molecular flexibility index (Phi) is 12.9. The molecule has 1 heterocycles. The molecule has 2 rings (SSSR count). The number of alkyl halides is 1.